The summed E-state index contributed by atoms with van der Waals surface area (Å²) in [6, 6.07) is 10.6. The fraction of sp³-hybridized carbons (Fsp3) is 0.250. The molecule has 0 bridgehead atoms. The lowest BCUT2D eigenvalue weighted by Gasteiger charge is -2.17. The zero-order chi connectivity index (χ0) is 19.4. The molecule has 140 valence electrons. The standard InChI is InChI=1S/C20H20N2O5/c1-27-17-8-7-14(19(24)22-9-2-3-10-22)12-16(17)21-18(23)13-5-4-6-15(11-13)20(25)26/h4-8,11-12H,2-3,9-10H2,1H3,(H,21,23)(H,25,26). The van der Waals surface area contributed by atoms with Crippen LogP contribution in [0.3, 0.4) is 0 Å². The minimum atomic E-state index is -1.11. The molecule has 1 aliphatic heterocycles. The molecule has 2 amide bonds. The first-order valence-electron chi connectivity index (χ1n) is 8.61. The van der Waals surface area contributed by atoms with Crippen LogP contribution in [0.5, 0.6) is 5.75 Å². The number of nitrogens with zero attached hydrogens (tertiary/aromatic N) is 1. The van der Waals surface area contributed by atoms with Gasteiger partial charge in [0.05, 0.1) is 18.4 Å². The molecule has 0 atom stereocenters. The van der Waals surface area contributed by atoms with Gasteiger partial charge in [-0.25, -0.2) is 4.79 Å². The van der Waals surface area contributed by atoms with Crippen molar-refractivity contribution in [2.24, 2.45) is 0 Å². The number of hydrogen-bond acceptors (Lipinski definition) is 4. The van der Waals surface area contributed by atoms with E-state index in [0.717, 1.165) is 25.9 Å². The molecule has 1 saturated heterocycles. The zero-order valence-electron chi connectivity index (χ0n) is 14.9. The number of likely N-dealkylation sites (tertiary alicyclic amines) is 1. The summed E-state index contributed by atoms with van der Waals surface area (Å²) in [5.74, 6) is -1.27. The van der Waals surface area contributed by atoms with Gasteiger partial charge >= 0.3 is 5.97 Å². The third kappa shape index (κ3) is 4.08. The highest BCUT2D eigenvalue weighted by molar-refractivity contribution is 6.07. The van der Waals surface area contributed by atoms with Gasteiger partial charge in [0.2, 0.25) is 0 Å². The van der Waals surface area contributed by atoms with Gasteiger partial charge in [0.1, 0.15) is 5.75 Å². The summed E-state index contributed by atoms with van der Waals surface area (Å²) >= 11 is 0. The van der Waals surface area contributed by atoms with Gasteiger partial charge in [-0.2, -0.15) is 0 Å². The van der Waals surface area contributed by atoms with E-state index < -0.39 is 11.9 Å². The molecule has 7 heteroatoms. The molecule has 27 heavy (non-hydrogen) atoms. The van der Waals surface area contributed by atoms with Crippen LogP contribution in [0.4, 0.5) is 5.69 Å². The first-order chi connectivity index (χ1) is 13.0. The van der Waals surface area contributed by atoms with Crippen molar-refractivity contribution in [3.8, 4) is 5.75 Å². The molecular weight excluding hydrogens is 348 g/mol. The molecule has 2 N–H and O–H groups in total. The second kappa shape index (κ2) is 7.90. The van der Waals surface area contributed by atoms with Crippen molar-refractivity contribution in [2.45, 2.75) is 12.8 Å². The van der Waals surface area contributed by atoms with E-state index in [1.807, 2.05) is 0 Å². The molecule has 0 unspecified atom stereocenters. The number of amides is 2. The molecular formula is C20H20N2O5. The lowest BCUT2D eigenvalue weighted by molar-refractivity contribution is 0.0696. The fourth-order valence-corrected chi connectivity index (χ4v) is 3.03. The first kappa shape index (κ1) is 18.4. The Hall–Kier alpha value is -3.35. The summed E-state index contributed by atoms with van der Waals surface area (Å²) in [7, 11) is 1.47. The Morgan fingerprint density at radius 2 is 1.70 bits per heavy atom. The molecule has 1 fully saturated rings. The van der Waals surface area contributed by atoms with Gasteiger partial charge in [-0.1, -0.05) is 6.07 Å². The molecule has 1 heterocycles. The molecule has 1 aliphatic rings. The van der Waals surface area contributed by atoms with E-state index in [1.165, 1.54) is 31.4 Å². The van der Waals surface area contributed by atoms with Crippen LogP contribution >= 0.6 is 0 Å². The summed E-state index contributed by atoms with van der Waals surface area (Å²) < 4.78 is 5.27. The van der Waals surface area contributed by atoms with E-state index in [1.54, 1.807) is 23.1 Å². The van der Waals surface area contributed by atoms with Crippen molar-refractivity contribution in [3.63, 3.8) is 0 Å². The first-order valence-corrected chi connectivity index (χ1v) is 8.61. The lowest BCUT2D eigenvalue weighted by Crippen LogP contribution is -2.27. The number of aromatic carboxylic acids is 1. The average Bonchev–Trinajstić information content (AvgIpc) is 3.22. The Bertz CT molecular complexity index is 888. The number of carbonyl (C=O) groups is 3. The van der Waals surface area contributed by atoms with Gasteiger partial charge in [-0.15, -0.1) is 0 Å². The third-order valence-electron chi connectivity index (χ3n) is 4.46. The average molecular weight is 368 g/mol. The van der Waals surface area contributed by atoms with Crippen LogP contribution in [0.1, 0.15) is 43.9 Å². The van der Waals surface area contributed by atoms with Crippen LogP contribution in [0.25, 0.3) is 0 Å². The summed E-state index contributed by atoms with van der Waals surface area (Å²) in [6.45, 7) is 1.46. The molecule has 0 spiro atoms. The highest BCUT2D eigenvalue weighted by Crippen LogP contribution is 2.27. The maximum Gasteiger partial charge on any atom is 0.335 e. The van der Waals surface area contributed by atoms with Gasteiger partial charge in [-0.3, -0.25) is 9.59 Å². The zero-order valence-corrected chi connectivity index (χ0v) is 14.9. The van der Waals surface area contributed by atoms with Crippen molar-refractivity contribution in [1.82, 2.24) is 4.90 Å². The van der Waals surface area contributed by atoms with Gasteiger partial charge in [0, 0.05) is 24.2 Å². The number of benzene rings is 2. The van der Waals surface area contributed by atoms with Crippen LogP contribution in [0.2, 0.25) is 0 Å². The summed E-state index contributed by atoms with van der Waals surface area (Å²) in [5.41, 5.74) is 1.04. The smallest absolute Gasteiger partial charge is 0.335 e. The second-order valence-electron chi connectivity index (χ2n) is 6.25. The van der Waals surface area contributed by atoms with Gasteiger partial charge in [0.25, 0.3) is 11.8 Å². The van der Waals surface area contributed by atoms with Crippen molar-refractivity contribution < 1.29 is 24.2 Å². The number of hydrogen-bond donors (Lipinski definition) is 2. The number of ether oxygens (including phenoxy) is 1. The number of carboxylic acid groups (broad SMARTS) is 1. The number of methoxy groups -OCH3 is 1. The minimum absolute atomic E-state index is 0.0209. The summed E-state index contributed by atoms with van der Waals surface area (Å²) in [4.78, 5) is 38.0. The van der Waals surface area contributed by atoms with E-state index >= 15 is 0 Å². The molecule has 0 aromatic heterocycles. The number of rotatable bonds is 5. The van der Waals surface area contributed by atoms with Crippen molar-refractivity contribution in [1.29, 1.82) is 0 Å². The summed E-state index contributed by atoms with van der Waals surface area (Å²) in [5, 5.41) is 11.8. The Morgan fingerprint density at radius 1 is 1.00 bits per heavy atom. The van der Waals surface area contributed by atoms with E-state index in [2.05, 4.69) is 5.32 Å². The SMILES string of the molecule is COc1ccc(C(=O)N2CCCC2)cc1NC(=O)c1cccc(C(=O)O)c1. The molecule has 0 saturated carbocycles. The molecule has 0 radical (unpaired) electrons. The minimum Gasteiger partial charge on any atom is -0.495 e. The third-order valence-corrected chi connectivity index (χ3v) is 4.46. The number of anilines is 1. The Labute approximate surface area is 156 Å². The van der Waals surface area contributed by atoms with Gasteiger partial charge in [0.15, 0.2) is 0 Å². The maximum absolute atomic E-state index is 12.6. The Kier molecular flexibility index (Phi) is 5.40. The van der Waals surface area contributed by atoms with Crippen LogP contribution in [0, 0.1) is 0 Å². The lowest BCUT2D eigenvalue weighted by atomic mass is 10.1. The van der Waals surface area contributed by atoms with Crippen molar-refractivity contribution in [2.75, 3.05) is 25.5 Å². The topological polar surface area (TPSA) is 95.9 Å². The van der Waals surface area contributed by atoms with E-state index in [4.69, 9.17) is 9.84 Å². The van der Waals surface area contributed by atoms with E-state index in [9.17, 15) is 14.4 Å². The van der Waals surface area contributed by atoms with Crippen LogP contribution < -0.4 is 10.1 Å². The van der Waals surface area contributed by atoms with Crippen molar-refractivity contribution in [3.05, 3.63) is 59.2 Å². The quantitative estimate of drug-likeness (QED) is 0.846. The Morgan fingerprint density at radius 3 is 2.37 bits per heavy atom. The molecule has 0 aliphatic carbocycles. The highest BCUT2D eigenvalue weighted by atomic mass is 16.5. The highest BCUT2D eigenvalue weighted by Gasteiger charge is 2.21. The normalized spacial score (nSPS) is 13.3. The van der Waals surface area contributed by atoms with Crippen LogP contribution in [-0.4, -0.2) is 48.0 Å². The van der Waals surface area contributed by atoms with Crippen LogP contribution in [0.15, 0.2) is 42.5 Å². The predicted molar refractivity (Wildman–Crippen MR) is 99.5 cm³/mol. The van der Waals surface area contributed by atoms with Gasteiger partial charge in [-0.05, 0) is 49.2 Å². The molecule has 7 nitrogen and oxygen atoms in total. The molecule has 3 rings (SSSR count). The predicted octanol–water partition coefficient (Wildman–Crippen LogP) is 2.88. The molecule has 2 aromatic carbocycles. The maximum atomic E-state index is 12.6. The number of carboxylic acids is 1. The Balaban J connectivity index is 1.85. The number of nitrogens with one attached hydrogen (secondary N) is 1. The fourth-order valence-electron chi connectivity index (χ4n) is 3.03. The van der Waals surface area contributed by atoms with E-state index in [-0.39, 0.29) is 17.0 Å². The largest absolute Gasteiger partial charge is 0.495 e. The summed E-state index contributed by atoms with van der Waals surface area (Å²) in [6.07, 6.45) is 1.98. The van der Waals surface area contributed by atoms with Gasteiger partial charge < -0.3 is 20.1 Å². The number of carbonyl (C=O) groups excluding carboxylic acids is 2. The van der Waals surface area contributed by atoms with E-state index in [0.29, 0.717) is 17.0 Å². The molecule has 2 aromatic rings. The van der Waals surface area contributed by atoms with Crippen molar-refractivity contribution >= 4 is 23.5 Å². The van der Waals surface area contributed by atoms with Crippen LogP contribution in [-0.2, 0) is 0 Å². The second-order valence-corrected chi connectivity index (χ2v) is 6.25. The monoisotopic (exact) mass is 368 g/mol.